The number of carbonyl (C=O) groups excluding carboxylic acids is 1. The molecule has 100 valence electrons. The highest BCUT2D eigenvalue weighted by molar-refractivity contribution is 6.30. The normalized spacial score (nSPS) is 12.1. The number of halogens is 1. The Morgan fingerprint density at radius 1 is 1.28 bits per heavy atom. The monoisotopic (exact) mass is 268 g/mol. The highest BCUT2D eigenvalue weighted by atomic mass is 35.5. The fourth-order valence-corrected chi connectivity index (χ4v) is 1.93. The van der Waals surface area contributed by atoms with Crippen LogP contribution >= 0.6 is 11.6 Å². The molecule has 1 unspecified atom stereocenters. The molecule has 3 N–H and O–H groups in total. The molecule has 0 aliphatic carbocycles. The SMILES string of the molecule is CCCCCCC(Nc1ccc(Cl)cc1)C(N)=O. The van der Waals surface area contributed by atoms with Gasteiger partial charge in [-0.3, -0.25) is 4.79 Å². The van der Waals surface area contributed by atoms with Gasteiger partial charge in [0.15, 0.2) is 0 Å². The van der Waals surface area contributed by atoms with Gasteiger partial charge in [0.25, 0.3) is 0 Å². The van der Waals surface area contributed by atoms with E-state index in [1.54, 1.807) is 12.1 Å². The molecule has 1 amide bonds. The van der Waals surface area contributed by atoms with Crippen LogP contribution in [0.2, 0.25) is 5.02 Å². The van der Waals surface area contributed by atoms with Gasteiger partial charge >= 0.3 is 0 Å². The van der Waals surface area contributed by atoms with E-state index in [1.807, 2.05) is 12.1 Å². The van der Waals surface area contributed by atoms with E-state index in [1.165, 1.54) is 12.8 Å². The van der Waals surface area contributed by atoms with Crippen molar-refractivity contribution in [2.24, 2.45) is 5.73 Å². The predicted octanol–water partition coefficient (Wildman–Crippen LogP) is 3.58. The van der Waals surface area contributed by atoms with E-state index in [0.717, 1.165) is 24.9 Å². The number of benzene rings is 1. The summed E-state index contributed by atoms with van der Waals surface area (Å²) >= 11 is 5.81. The molecular formula is C14H21ClN2O. The molecule has 1 aromatic rings. The summed E-state index contributed by atoms with van der Waals surface area (Å²) in [6.45, 7) is 2.16. The van der Waals surface area contributed by atoms with E-state index in [-0.39, 0.29) is 11.9 Å². The number of anilines is 1. The summed E-state index contributed by atoms with van der Waals surface area (Å²) in [7, 11) is 0. The second-order valence-corrected chi connectivity index (χ2v) is 4.89. The fraction of sp³-hybridized carbons (Fsp3) is 0.500. The third-order valence-electron chi connectivity index (χ3n) is 2.87. The number of carbonyl (C=O) groups is 1. The van der Waals surface area contributed by atoms with Crippen LogP contribution in [0.4, 0.5) is 5.69 Å². The predicted molar refractivity (Wildman–Crippen MR) is 76.8 cm³/mol. The minimum Gasteiger partial charge on any atom is -0.374 e. The van der Waals surface area contributed by atoms with Crippen LogP contribution in [-0.2, 0) is 4.79 Å². The van der Waals surface area contributed by atoms with Gasteiger partial charge in [0.1, 0.15) is 6.04 Å². The first-order chi connectivity index (χ1) is 8.63. The van der Waals surface area contributed by atoms with Crippen molar-refractivity contribution < 1.29 is 4.79 Å². The molecule has 0 aromatic heterocycles. The van der Waals surface area contributed by atoms with Gasteiger partial charge in [-0.25, -0.2) is 0 Å². The second kappa shape index (κ2) is 7.98. The molecule has 4 heteroatoms. The highest BCUT2D eigenvalue weighted by Gasteiger charge is 2.14. The molecule has 0 heterocycles. The van der Waals surface area contributed by atoms with E-state index in [9.17, 15) is 4.79 Å². The standard InChI is InChI=1S/C14H21ClN2O/c1-2-3-4-5-6-13(14(16)18)17-12-9-7-11(15)8-10-12/h7-10,13,17H,2-6H2,1H3,(H2,16,18). The first-order valence-electron chi connectivity index (χ1n) is 6.45. The van der Waals surface area contributed by atoms with Crippen molar-refractivity contribution in [3.63, 3.8) is 0 Å². The van der Waals surface area contributed by atoms with Gasteiger partial charge < -0.3 is 11.1 Å². The number of primary amides is 1. The molecule has 0 bridgehead atoms. The molecule has 1 aromatic carbocycles. The summed E-state index contributed by atoms with van der Waals surface area (Å²) in [5, 5.41) is 3.83. The Kier molecular flexibility index (Phi) is 6.58. The van der Waals surface area contributed by atoms with E-state index in [4.69, 9.17) is 17.3 Å². The van der Waals surface area contributed by atoms with Crippen LogP contribution < -0.4 is 11.1 Å². The van der Waals surface area contributed by atoms with Crippen molar-refractivity contribution in [1.82, 2.24) is 0 Å². The average Bonchev–Trinajstić information content (AvgIpc) is 2.35. The van der Waals surface area contributed by atoms with Crippen molar-refractivity contribution in [2.45, 2.75) is 45.1 Å². The number of hydrogen-bond donors (Lipinski definition) is 2. The topological polar surface area (TPSA) is 55.1 Å². The molecule has 0 spiro atoms. The highest BCUT2D eigenvalue weighted by Crippen LogP contribution is 2.16. The quantitative estimate of drug-likeness (QED) is 0.708. The summed E-state index contributed by atoms with van der Waals surface area (Å²) in [6.07, 6.45) is 5.32. The summed E-state index contributed by atoms with van der Waals surface area (Å²) in [6, 6.07) is 6.98. The lowest BCUT2D eigenvalue weighted by molar-refractivity contribution is -0.118. The van der Waals surface area contributed by atoms with Crippen LogP contribution in [0.3, 0.4) is 0 Å². The van der Waals surface area contributed by atoms with Crippen molar-refractivity contribution in [3.8, 4) is 0 Å². The zero-order valence-corrected chi connectivity index (χ0v) is 11.5. The molecule has 0 aliphatic heterocycles. The van der Waals surface area contributed by atoms with Gasteiger partial charge in [0, 0.05) is 10.7 Å². The Morgan fingerprint density at radius 3 is 2.50 bits per heavy atom. The van der Waals surface area contributed by atoms with Crippen LogP contribution in [0.1, 0.15) is 39.0 Å². The molecule has 18 heavy (non-hydrogen) atoms. The lowest BCUT2D eigenvalue weighted by Crippen LogP contribution is -2.35. The number of nitrogens with one attached hydrogen (secondary N) is 1. The average molecular weight is 269 g/mol. The molecule has 1 rings (SSSR count). The van der Waals surface area contributed by atoms with E-state index in [0.29, 0.717) is 5.02 Å². The third-order valence-corrected chi connectivity index (χ3v) is 3.13. The molecular weight excluding hydrogens is 248 g/mol. The minimum atomic E-state index is -0.304. The number of unbranched alkanes of at least 4 members (excludes halogenated alkanes) is 3. The summed E-state index contributed by atoms with van der Waals surface area (Å²) < 4.78 is 0. The van der Waals surface area contributed by atoms with Crippen molar-refractivity contribution >= 4 is 23.2 Å². The maximum absolute atomic E-state index is 11.4. The molecule has 0 radical (unpaired) electrons. The molecule has 3 nitrogen and oxygen atoms in total. The lowest BCUT2D eigenvalue weighted by Gasteiger charge is -2.16. The zero-order chi connectivity index (χ0) is 13.4. The molecule has 1 atom stereocenters. The Balaban J connectivity index is 2.47. The number of rotatable bonds is 8. The first-order valence-corrected chi connectivity index (χ1v) is 6.82. The van der Waals surface area contributed by atoms with Gasteiger partial charge in [-0.15, -0.1) is 0 Å². The Bertz CT molecular complexity index is 365. The maximum Gasteiger partial charge on any atom is 0.239 e. The van der Waals surface area contributed by atoms with Crippen molar-refractivity contribution in [2.75, 3.05) is 5.32 Å². The van der Waals surface area contributed by atoms with E-state index >= 15 is 0 Å². The largest absolute Gasteiger partial charge is 0.374 e. The Hall–Kier alpha value is -1.22. The summed E-state index contributed by atoms with van der Waals surface area (Å²) in [5.74, 6) is -0.304. The number of amides is 1. The van der Waals surface area contributed by atoms with Crippen LogP contribution in [-0.4, -0.2) is 11.9 Å². The van der Waals surface area contributed by atoms with Crippen LogP contribution in [0.25, 0.3) is 0 Å². The number of hydrogen-bond acceptors (Lipinski definition) is 2. The summed E-state index contributed by atoms with van der Waals surface area (Å²) in [5.41, 5.74) is 6.28. The minimum absolute atomic E-state index is 0.303. The Labute approximate surface area is 114 Å². The fourth-order valence-electron chi connectivity index (χ4n) is 1.81. The molecule has 0 saturated carbocycles. The number of nitrogens with two attached hydrogens (primary N) is 1. The van der Waals surface area contributed by atoms with Crippen LogP contribution in [0.15, 0.2) is 24.3 Å². The van der Waals surface area contributed by atoms with Crippen molar-refractivity contribution in [1.29, 1.82) is 0 Å². The molecule has 0 fully saturated rings. The van der Waals surface area contributed by atoms with E-state index < -0.39 is 0 Å². The van der Waals surface area contributed by atoms with Crippen LogP contribution in [0, 0.1) is 0 Å². The van der Waals surface area contributed by atoms with Gasteiger partial charge in [0.05, 0.1) is 0 Å². The zero-order valence-electron chi connectivity index (χ0n) is 10.8. The van der Waals surface area contributed by atoms with Crippen LogP contribution in [0.5, 0.6) is 0 Å². The van der Waals surface area contributed by atoms with Gasteiger partial charge in [-0.2, -0.15) is 0 Å². The lowest BCUT2D eigenvalue weighted by atomic mass is 10.1. The van der Waals surface area contributed by atoms with E-state index in [2.05, 4.69) is 12.2 Å². The van der Waals surface area contributed by atoms with Gasteiger partial charge in [-0.05, 0) is 30.7 Å². The van der Waals surface area contributed by atoms with Gasteiger partial charge in [0.2, 0.25) is 5.91 Å². The maximum atomic E-state index is 11.4. The first kappa shape index (κ1) is 14.8. The third kappa shape index (κ3) is 5.41. The van der Waals surface area contributed by atoms with Crippen molar-refractivity contribution in [3.05, 3.63) is 29.3 Å². The second-order valence-electron chi connectivity index (χ2n) is 4.46. The Morgan fingerprint density at radius 2 is 1.94 bits per heavy atom. The summed E-state index contributed by atoms with van der Waals surface area (Å²) in [4.78, 5) is 11.4. The molecule has 0 saturated heterocycles. The van der Waals surface area contributed by atoms with Gasteiger partial charge in [-0.1, -0.05) is 44.2 Å². The molecule has 0 aliphatic rings. The smallest absolute Gasteiger partial charge is 0.239 e.